The molecule has 0 spiro atoms. The Morgan fingerprint density at radius 3 is 2.86 bits per heavy atom. The van der Waals surface area contributed by atoms with E-state index in [0.29, 0.717) is 18.4 Å². The standard InChI is InChI=1S/C10H17N3O/c1-8(2)6-14-10-4-9(5-11-3)12-7-13-10/h4,7-8,11H,5-6H2,1-3H3. The SMILES string of the molecule is CNCc1cc(OCC(C)C)ncn1. The lowest BCUT2D eigenvalue weighted by molar-refractivity contribution is 0.260. The van der Waals surface area contributed by atoms with E-state index in [1.54, 1.807) is 0 Å². The van der Waals surface area contributed by atoms with Gasteiger partial charge in [0, 0.05) is 12.6 Å². The molecule has 0 amide bonds. The van der Waals surface area contributed by atoms with Gasteiger partial charge < -0.3 is 10.1 Å². The Bertz CT molecular complexity index is 276. The molecule has 14 heavy (non-hydrogen) atoms. The minimum Gasteiger partial charge on any atom is -0.477 e. The van der Waals surface area contributed by atoms with E-state index in [0.717, 1.165) is 12.2 Å². The van der Waals surface area contributed by atoms with E-state index in [1.807, 2.05) is 13.1 Å². The summed E-state index contributed by atoms with van der Waals surface area (Å²) in [7, 11) is 1.89. The average molecular weight is 195 g/mol. The molecule has 1 rings (SSSR count). The third-order valence-electron chi connectivity index (χ3n) is 1.62. The molecule has 0 aliphatic heterocycles. The smallest absolute Gasteiger partial charge is 0.216 e. The molecule has 0 aromatic carbocycles. The van der Waals surface area contributed by atoms with Crippen LogP contribution in [-0.4, -0.2) is 23.6 Å². The first kappa shape index (κ1) is 10.9. The molecular weight excluding hydrogens is 178 g/mol. The molecule has 0 aliphatic rings. The first-order valence-corrected chi connectivity index (χ1v) is 4.80. The van der Waals surface area contributed by atoms with Gasteiger partial charge in [0.15, 0.2) is 0 Å². The highest BCUT2D eigenvalue weighted by atomic mass is 16.5. The zero-order valence-corrected chi connectivity index (χ0v) is 8.95. The summed E-state index contributed by atoms with van der Waals surface area (Å²) in [6.07, 6.45) is 1.53. The predicted octanol–water partition coefficient (Wildman–Crippen LogP) is 1.23. The quantitative estimate of drug-likeness (QED) is 0.767. The average Bonchev–Trinajstić information content (AvgIpc) is 2.16. The predicted molar refractivity (Wildman–Crippen MR) is 55.1 cm³/mol. The lowest BCUT2D eigenvalue weighted by Gasteiger charge is -2.07. The summed E-state index contributed by atoms with van der Waals surface area (Å²) in [5, 5.41) is 3.03. The zero-order chi connectivity index (χ0) is 10.4. The summed E-state index contributed by atoms with van der Waals surface area (Å²) in [4.78, 5) is 8.14. The van der Waals surface area contributed by atoms with Crippen molar-refractivity contribution in [2.75, 3.05) is 13.7 Å². The second-order valence-corrected chi connectivity index (χ2v) is 3.58. The van der Waals surface area contributed by atoms with Crippen molar-refractivity contribution in [2.24, 2.45) is 5.92 Å². The van der Waals surface area contributed by atoms with Gasteiger partial charge >= 0.3 is 0 Å². The Morgan fingerprint density at radius 1 is 1.43 bits per heavy atom. The minimum absolute atomic E-state index is 0.512. The molecule has 0 unspecified atom stereocenters. The molecule has 0 bridgehead atoms. The number of aromatic nitrogens is 2. The van der Waals surface area contributed by atoms with Crippen molar-refractivity contribution in [3.05, 3.63) is 18.1 Å². The van der Waals surface area contributed by atoms with Gasteiger partial charge in [-0.3, -0.25) is 0 Å². The summed E-state index contributed by atoms with van der Waals surface area (Å²) in [5.41, 5.74) is 0.946. The van der Waals surface area contributed by atoms with Gasteiger partial charge in [-0.1, -0.05) is 13.8 Å². The maximum Gasteiger partial charge on any atom is 0.216 e. The summed E-state index contributed by atoms with van der Waals surface area (Å²) in [6.45, 7) is 5.64. The van der Waals surface area contributed by atoms with Crippen molar-refractivity contribution in [2.45, 2.75) is 20.4 Å². The summed E-state index contributed by atoms with van der Waals surface area (Å²) in [6, 6.07) is 1.86. The van der Waals surface area contributed by atoms with E-state index in [9.17, 15) is 0 Å². The largest absolute Gasteiger partial charge is 0.477 e. The molecule has 1 N–H and O–H groups in total. The van der Waals surface area contributed by atoms with Gasteiger partial charge in [-0.25, -0.2) is 9.97 Å². The van der Waals surface area contributed by atoms with Crippen molar-refractivity contribution < 1.29 is 4.74 Å². The van der Waals surface area contributed by atoms with Crippen molar-refractivity contribution >= 4 is 0 Å². The molecule has 0 saturated heterocycles. The number of nitrogens with zero attached hydrogens (tertiary/aromatic N) is 2. The van der Waals surface area contributed by atoms with E-state index < -0.39 is 0 Å². The van der Waals surface area contributed by atoms with Gasteiger partial charge in [0.1, 0.15) is 6.33 Å². The number of hydrogen-bond donors (Lipinski definition) is 1. The van der Waals surface area contributed by atoms with Crippen LogP contribution in [0.3, 0.4) is 0 Å². The van der Waals surface area contributed by atoms with Crippen molar-refractivity contribution in [3.63, 3.8) is 0 Å². The molecular formula is C10H17N3O. The molecule has 78 valence electrons. The van der Waals surface area contributed by atoms with Crippen LogP contribution in [0.1, 0.15) is 19.5 Å². The maximum atomic E-state index is 5.48. The summed E-state index contributed by atoms with van der Waals surface area (Å²) in [5.74, 6) is 1.16. The minimum atomic E-state index is 0.512. The Kier molecular flexibility index (Phi) is 4.32. The lowest BCUT2D eigenvalue weighted by atomic mass is 10.2. The van der Waals surface area contributed by atoms with Crippen LogP contribution in [-0.2, 0) is 6.54 Å². The van der Waals surface area contributed by atoms with E-state index in [4.69, 9.17) is 4.74 Å². The Morgan fingerprint density at radius 2 is 2.21 bits per heavy atom. The fourth-order valence-electron chi connectivity index (χ4n) is 0.986. The van der Waals surface area contributed by atoms with Crippen LogP contribution in [0.15, 0.2) is 12.4 Å². The van der Waals surface area contributed by atoms with Crippen molar-refractivity contribution in [1.82, 2.24) is 15.3 Å². The molecule has 1 aromatic rings. The third kappa shape index (κ3) is 3.70. The van der Waals surface area contributed by atoms with Crippen LogP contribution in [0, 0.1) is 5.92 Å². The first-order valence-electron chi connectivity index (χ1n) is 4.80. The van der Waals surface area contributed by atoms with Gasteiger partial charge in [0.25, 0.3) is 0 Å². The van der Waals surface area contributed by atoms with Crippen molar-refractivity contribution in [1.29, 1.82) is 0 Å². The van der Waals surface area contributed by atoms with Gasteiger partial charge in [-0.2, -0.15) is 0 Å². The van der Waals surface area contributed by atoms with E-state index in [2.05, 4.69) is 29.1 Å². The van der Waals surface area contributed by atoms with Crippen LogP contribution >= 0.6 is 0 Å². The second-order valence-electron chi connectivity index (χ2n) is 3.58. The van der Waals surface area contributed by atoms with Gasteiger partial charge in [-0.05, 0) is 13.0 Å². The zero-order valence-electron chi connectivity index (χ0n) is 8.95. The summed E-state index contributed by atoms with van der Waals surface area (Å²) >= 11 is 0. The molecule has 1 heterocycles. The molecule has 0 aliphatic carbocycles. The Hall–Kier alpha value is -1.16. The molecule has 1 aromatic heterocycles. The highest BCUT2D eigenvalue weighted by molar-refractivity contribution is 5.13. The van der Waals surface area contributed by atoms with Gasteiger partial charge in [-0.15, -0.1) is 0 Å². The molecule has 0 radical (unpaired) electrons. The van der Waals surface area contributed by atoms with Crippen LogP contribution in [0.5, 0.6) is 5.88 Å². The normalized spacial score (nSPS) is 10.6. The van der Waals surface area contributed by atoms with Gasteiger partial charge in [0.05, 0.1) is 12.3 Å². The Balaban J connectivity index is 2.54. The highest BCUT2D eigenvalue weighted by Crippen LogP contribution is 2.07. The van der Waals surface area contributed by atoms with E-state index >= 15 is 0 Å². The molecule has 0 fully saturated rings. The van der Waals surface area contributed by atoms with Crippen LogP contribution in [0.25, 0.3) is 0 Å². The third-order valence-corrected chi connectivity index (χ3v) is 1.62. The molecule has 4 nitrogen and oxygen atoms in total. The van der Waals surface area contributed by atoms with Crippen LogP contribution < -0.4 is 10.1 Å². The van der Waals surface area contributed by atoms with E-state index in [1.165, 1.54) is 6.33 Å². The number of rotatable bonds is 5. The van der Waals surface area contributed by atoms with Crippen LogP contribution in [0.4, 0.5) is 0 Å². The molecule has 0 atom stereocenters. The Labute approximate surface area is 84.7 Å². The topological polar surface area (TPSA) is 47.0 Å². The van der Waals surface area contributed by atoms with Crippen LogP contribution in [0.2, 0.25) is 0 Å². The van der Waals surface area contributed by atoms with E-state index in [-0.39, 0.29) is 0 Å². The fraction of sp³-hybridized carbons (Fsp3) is 0.600. The monoisotopic (exact) mass is 195 g/mol. The fourth-order valence-corrected chi connectivity index (χ4v) is 0.986. The molecule has 4 heteroatoms. The lowest BCUT2D eigenvalue weighted by Crippen LogP contribution is -2.09. The second kappa shape index (κ2) is 5.54. The van der Waals surface area contributed by atoms with Crippen molar-refractivity contribution in [3.8, 4) is 5.88 Å². The number of nitrogens with one attached hydrogen (secondary N) is 1. The highest BCUT2D eigenvalue weighted by Gasteiger charge is 2.00. The number of ether oxygens (including phenoxy) is 1. The number of hydrogen-bond acceptors (Lipinski definition) is 4. The summed E-state index contributed by atoms with van der Waals surface area (Å²) < 4.78 is 5.48. The molecule has 0 saturated carbocycles. The maximum absolute atomic E-state index is 5.48. The first-order chi connectivity index (χ1) is 6.72. The van der Waals surface area contributed by atoms with Gasteiger partial charge in [0.2, 0.25) is 5.88 Å².